The number of nitrogens with one attached hydrogen (secondary N) is 1. The Hall–Kier alpha value is -1.84. The number of hydrogen-bond donors (Lipinski definition) is 1. The van der Waals surface area contributed by atoms with E-state index in [0.717, 1.165) is 11.3 Å². The molecule has 4 heteroatoms. The Kier molecular flexibility index (Phi) is 2.59. The third kappa shape index (κ3) is 1.60. The monoisotopic (exact) mass is 271 g/mol. The van der Waals surface area contributed by atoms with E-state index in [1.54, 1.807) is 7.11 Å². The molecular weight excluding hydrogens is 252 g/mol. The second kappa shape index (κ2) is 4.33. The summed E-state index contributed by atoms with van der Waals surface area (Å²) in [7, 11) is 1.68. The molecule has 1 saturated heterocycles. The first kappa shape index (κ1) is 11.9. The standard InChI is InChI=1S/C16H18N2O2/c1-20-13-5-3-2-4-12(13)9-18-15-11-7-6-10(8-11)14(15)16(19)17-18/h2-5,9-11,14-15H,6-8H2,1H3/p+1/b18-9+. The van der Waals surface area contributed by atoms with Crippen molar-refractivity contribution in [3.8, 4) is 5.75 Å². The molecule has 1 aromatic carbocycles. The molecular formula is C16H19N2O2+. The predicted octanol–water partition coefficient (Wildman–Crippen LogP) is 1.59. The number of hydrogen-bond acceptors (Lipinski definition) is 2. The Morgan fingerprint density at radius 2 is 2.10 bits per heavy atom. The lowest BCUT2D eigenvalue weighted by molar-refractivity contribution is -0.598. The van der Waals surface area contributed by atoms with Gasteiger partial charge in [0.05, 0.1) is 12.7 Å². The summed E-state index contributed by atoms with van der Waals surface area (Å²) in [5, 5.41) is 0. The Bertz CT molecular complexity index is 596. The van der Waals surface area contributed by atoms with Crippen molar-refractivity contribution in [3.05, 3.63) is 29.8 Å². The van der Waals surface area contributed by atoms with E-state index in [1.807, 2.05) is 35.2 Å². The third-order valence-electron chi connectivity index (χ3n) is 5.15. The summed E-state index contributed by atoms with van der Waals surface area (Å²) in [4.78, 5) is 12.2. The Morgan fingerprint density at radius 1 is 1.30 bits per heavy atom. The number of benzene rings is 1. The number of hydrazone groups is 1. The van der Waals surface area contributed by atoms with Gasteiger partial charge < -0.3 is 4.74 Å². The average Bonchev–Trinajstić information content (AvgIpc) is 3.14. The van der Waals surface area contributed by atoms with E-state index >= 15 is 0 Å². The van der Waals surface area contributed by atoms with Gasteiger partial charge in [-0.15, -0.1) is 10.1 Å². The number of fused-ring (bicyclic) bond motifs is 5. The predicted molar refractivity (Wildman–Crippen MR) is 74.7 cm³/mol. The number of hydrazine groups is 1. The van der Waals surface area contributed by atoms with Crippen LogP contribution in [0.1, 0.15) is 24.8 Å². The summed E-state index contributed by atoms with van der Waals surface area (Å²) in [6.07, 6.45) is 5.74. The number of carbonyl (C=O) groups is 1. The first-order chi connectivity index (χ1) is 9.78. The summed E-state index contributed by atoms with van der Waals surface area (Å²) in [6, 6.07) is 8.25. The lowest BCUT2D eigenvalue weighted by Crippen LogP contribution is -2.34. The minimum absolute atomic E-state index is 0.194. The van der Waals surface area contributed by atoms with Gasteiger partial charge in [-0.3, -0.25) is 4.79 Å². The number of ether oxygens (including phenoxy) is 1. The molecule has 1 aliphatic heterocycles. The van der Waals surface area contributed by atoms with Crippen LogP contribution >= 0.6 is 0 Å². The van der Waals surface area contributed by atoms with Gasteiger partial charge in [0.25, 0.3) is 5.91 Å². The van der Waals surface area contributed by atoms with Crippen molar-refractivity contribution < 1.29 is 14.2 Å². The molecule has 20 heavy (non-hydrogen) atoms. The highest BCUT2D eigenvalue weighted by atomic mass is 16.5. The quantitative estimate of drug-likeness (QED) is 0.830. The minimum atomic E-state index is 0.194. The third-order valence-corrected chi connectivity index (χ3v) is 5.15. The molecule has 1 N–H and O–H groups in total. The van der Waals surface area contributed by atoms with Crippen LogP contribution < -0.4 is 10.2 Å². The van der Waals surface area contributed by atoms with Crippen molar-refractivity contribution in [1.29, 1.82) is 0 Å². The summed E-state index contributed by atoms with van der Waals surface area (Å²) >= 11 is 0. The number of para-hydroxylation sites is 1. The smallest absolute Gasteiger partial charge is 0.284 e. The molecule has 1 heterocycles. The van der Waals surface area contributed by atoms with Crippen LogP contribution in [-0.2, 0) is 4.79 Å². The zero-order valence-corrected chi connectivity index (χ0v) is 11.6. The van der Waals surface area contributed by atoms with Crippen LogP contribution in [0.5, 0.6) is 5.75 Å². The highest BCUT2D eigenvalue weighted by Gasteiger charge is 2.61. The summed E-state index contributed by atoms with van der Waals surface area (Å²) < 4.78 is 7.42. The van der Waals surface area contributed by atoms with Crippen molar-refractivity contribution in [2.24, 2.45) is 17.8 Å². The van der Waals surface area contributed by atoms with E-state index in [0.29, 0.717) is 17.9 Å². The summed E-state index contributed by atoms with van der Waals surface area (Å²) in [5.74, 6) is 2.50. The van der Waals surface area contributed by atoms with Crippen LogP contribution in [0.3, 0.4) is 0 Å². The number of carbonyl (C=O) groups excluding carboxylic acids is 1. The van der Waals surface area contributed by atoms with Crippen molar-refractivity contribution in [2.45, 2.75) is 25.3 Å². The highest BCUT2D eigenvalue weighted by molar-refractivity contribution is 5.84. The Morgan fingerprint density at radius 3 is 2.95 bits per heavy atom. The van der Waals surface area contributed by atoms with Crippen LogP contribution in [0.25, 0.3) is 0 Å². The lowest BCUT2D eigenvalue weighted by Gasteiger charge is -2.16. The van der Waals surface area contributed by atoms with E-state index in [1.165, 1.54) is 19.3 Å². The molecule has 4 nitrogen and oxygen atoms in total. The summed E-state index contributed by atoms with van der Waals surface area (Å²) in [6.45, 7) is 0. The number of nitrogens with zero attached hydrogens (tertiary/aromatic N) is 1. The van der Waals surface area contributed by atoms with Gasteiger partial charge in [0.2, 0.25) is 6.21 Å². The molecule has 1 aromatic rings. The Labute approximate surface area is 118 Å². The average molecular weight is 271 g/mol. The first-order valence-electron chi connectivity index (χ1n) is 7.34. The van der Waals surface area contributed by atoms with Crippen molar-refractivity contribution in [3.63, 3.8) is 0 Å². The molecule has 4 unspecified atom stereocenters. The van der Waals surface area contributed by atoms with Gasteiger partial charge in [0.15, 0.2) is 6.04 Å². The first-order valence-corrected chi connectivity index (χ1v) is 7.34. The number of amides is 1. The maximum absolute atomic E-state index is 12.2. The second-order valence-corrected chi connectivity index (χ2v) is 6.10. The van der Waals surface area contributed by atoms with E-state index in [-0.39, 0.29) is 11.8 Å². The van der Waals surface area contributed by atoms with Gasteiger partial charge in [0, 0.05) is 5.92 Å². The van der Waals surface area contributed by atoms with Gasteiger partial charge in [-0.25, -0.2) is 0 Å². The molecule has 2 saturated carbocycles. The molecule has 3 fully saturated rings. The SMILES string of the molecule is COc1ccccc1/C=[N+]1/NC(=O)C2C3CCC(C3)C21. The fourth-order valence-electron chi connectivity index (χ4n) is 4.35. The zero-order chi connectivity index (χ0) is 13.7. The molecule has 104 valence electrons. The number of methoxy groups -OCH3 is 1. The molecule has 0 radical (unpaired) electrons. The molecule has 3 aliphatic rings. The molecule has 0 aromatic heterocycles. The van der Waals surface area contributed by atoms with Gasteiger partial charge in [-0.1, -0.05) is 12.1 Å². The maximum atomic E-state index is 12.2. The van der Waals surface area contributed by atoms with E-state index in [9.17, 15) is 4.79 Å². The number of rotatable bonds is 2. The Balaban J connectivity index is 1.72. The largest absolute Gasteiger partial charge is 0.496 e. The van der Waals surface area contributed by atoms with Gasteiger partial charge in [-0.2, -0.15) is 0 Å². The molecule has 1 amide bonds. The van der Waals surface area contributed by atoms with E-state index in [2.05, 4.69) is 5.43 Å². The normalized spacial score (nSPS) is 36.2. The van der Waals surface area contributed by atoms with Gasteiger partial charge in [0.1, 0.15) is 11.7 Å². The van der Waals surface area contributed by atoms with Gasteiger partial charge in [-0.05, 0) is 37.3 Å². The fourth-order valence-corrected chi connectivity index (χ4v) is 4.35. The maximum Gasteiger partial charge on any atom is 0.284 e. The van der Waals surface area contributed by atoms with Crippen LogP contribution in [-0.4, -0.2) is 30.0 Å². The van der Waals surface area contributed by atoms with Crippen LogP contribution in [0, 0.1) is 17.8 Å². The van der Waals surface area contributed by atoms with Crippen molar-refractivity contribution in [1.82, 2.24) is 5.43 Å². The molecule has 4 atom stereocenters. The topological polar surface area (TPSA) is 41.3 Å². The summed E-state index contributed by atoms with van der Waals surface area (Å²) in [5.41, 5.74) is 4.05. The lowest BCUT2D eigenvalue weighted by atomic mass is 9.85. The zero-order valence-electron chi connectivity index (χ0n) is 11.6. The molecule has 0 spiro atoms. The van der Waals surface area contributed by atoms with E-state index < -0.39 is 0 Å². The highest BCUT2D eigenvalue weighted by Crippen LogP contribution is 2.51. The minimum Gasteiger partial charge on any atom is -0.496 e. The van der Waals surface area contributed by atoms with Crippen LogP contribution in [0.2, 0.25) is 0 Å². The van der Waals surface area contributed by atoms with Gasteiger partial charge >= 0.3 is 0 Å². The molecule has 2 bridgehead atoms. The van der Waals surface area contributed by atoms with Crippen LogP contribution in [0.4, 0.5) is 0 Å². The second-order valence-electron chi connectivity index (χ2n) is 6.10. The molecule has 4 rings (SSSR count). The molecule has 2 aliphatic carbocycles. The van der Waals surface area contributed by atoms with E-state index in [4.69, 9.17) is 4.74 Å². The van der Waals surface area contributed by atoms with Crippen LogP contribution in [0.15, 0.2) is 24.3 Å². The fraction of sp³-hybridized carbons (Fsp3) is 0.500. The van der Waals surface area contributed by atoms with Crippen molar-refractivity contribution in [2.75, 3.05) is 7.11 Å². The van der Waals surface area contributed by atoms with Crippen molar-refractivity contribution >= 4 is 12.1 Å².